The molecule has 2 amide bonds. The van der Waals surface area contributed by atoms with Crippen LogP contribution < -0.4 is 10.6 Å². The lowest BCUT2D eigenvalue weighted by molar-refractivity contribution is 0.250. The first-order chi connectivity index (χ1) is 12.1. The molecule has 3 aromatic rings. The average Bonchev–Trinajstić information content (AvgIpc) is 2.63. The van der Waals surface area contributed by atoms with Crippen LogP contribution in [0, 0.1) is 0 Å². The Labute approximate surface area is 156 Å². The molecular formula is C20H16Cl2N2O. The smallest absolute Gasteiger partial charge is 0.320 e. The molecule has 0 fully saturated rings. The lowest BCUT2D eigenvalue weighted by Gasteiger charge is -2.20. The van der Waals surface area contributed by atoms with Gasteiger partial charge in [-0.05, 0) is 29.3 Å². The number of benzene rings is 3. The van der Waals surface area contributed by atoms with Crippen molar-refractivity contribution in [3.63, 3.8) is 0 Å². The highest BCUT2D eigenvalue weighted by molar-refractivity contribution is 6.36. The van der Waals surface area contributed by atoms with E-state index in [1.165, 1.54) is 0 Å². The van der Waals surface area contributed by atoms with Gasteiger partial charge >= 0.3 is 6.03 Å². The van der Waals surface area contributed by atoms with Crippen LogP contribution in [-0.4, -0.2) is 6.03 Å². The second-order valence-electron chi connectivity index (χ2n) is 5.48. The molecule has 3 rings (SSSR count). The Morgan fingerprint density at radius 3 is 1.88 bits per heavy atom. The summed E-state index contributed by atoms with van der Waals surface area (Å²) < 4.78 is 0. The maximum atomic E-state index is 12.5. The monoisotopic (exact) mass is 370 g/mol. The van der Waals surface area contributed by atoms with Crippen molar-refractivity contribution in [1.29, 1.82) is 0 Å². The molecule has 0 saturated heterocycles. The molecule has 0 unspecified atom stereocenters. The van der Waals surface area contributed by atoms with E-state index in [2.05, 4.69) is 10.6 Å². The van der Waals surface area contributed by atoms with Gasteiger partial charge in [-0.2, -0.15) is 0 Å². The second-order valence-corrected chi connectivity index (χ2v) is 6.32. The minimum Gasteiger partial charge on any atom is -0.327 e. The van der Waals surface area contributed by atoms with Crippen molar-refractivity contribution in [2.45, 2.75) is 6.04 Å². The summed E-state index contributed by atoms with van der Waals surface area (Å²) in [5, 5.41) is 6.67. The molecule has 0 aromatic heterocycles. The molecule has 0 aliphatic carbocycles. The lowest BCUT2D eigenvalue weighted by atomic mass is 9.99. The molecule has 0 bridgehead atoms. The molecule has 3 nitrogen and oxygen atoms in total. The van der Waals surface area contributed by atoms with E-state index in [1.54, 1.807) is 18.2 Å². The van der Waals surface area contributed by atoms with Crippen LogP contribution in [-0.2, 0) is 0 Å². The minimum atomic E-state index is -0.345. The Balaban J connectivity index is 1.82. The number of anilines is 1. The van der Waals surface area contributed by atoms with Gasteiger partial charge in [0.25, 0.3) is 0 Å². The minimum absolute atomic E-state index is 0.270. The van der Waals surface area contributed by atoms with Crippen LogP contribution in [0.25, 0.3) is 0 Å². The molecule has 0 atom stereocenters. The Hall–Kier alpha value is -2.49. The highest BCUT2D eigenvalue weighted by Crippen LogP contribution is 2.26. The fourth-order valence-corrected chi connectivity index (χ4v) is 2.99. The molecule has 126 valence electrons. The number of carbonyl (C=O) groups is 1. The molecule has 5 heteroatoms. The number of hydrogen-bond acceptors (Lipinski definition) is 1. The van der Waals surface area contributed by atoms with E-state index in [9.17, 15) is 4.79 Å². The molecular weight excluding hydrogens is 355 g/mol. The lowest BCUT2D eigenvalue weighted by Crippen LogP contribution is -2.33. The Kier molecular flexibility index (Phi) is 5.59. The van der Waals surface area contributed by atoms with E-state index in [0.717, 1.165) is 11.1 Å². The third-order valence-electron chi connectivity index (χ3n) is 3.72. The van der Waals surface area contributed by atoms with Gasteiger partial charge < -0.3 is 10.6 Å². The number of halogens is 2. The Morgan fingerprint density at radius 2 is 1.36 bits per heavy atom. The first-order valence-electron chi connectivity index (χ1n) is 7.76. The van der Waals surface area contributed by atoms with Gasteiger partial charge in [0.05, 0.1) is 16.8 Å². The third kappa shape index (κ3) is 4.53. The number of hydrogen-bond donors (Lipinski definition) is 2. The molecule has 0 heterocycles. The van der Waals surface area contributed by atoms with Gasteiger partial charge in [0, 0.05) is 5.02 Å². The summed E-state index contributed by atoms with van der Waals surface area (Å²) >= 11 is 12.0. The summed E-state index contributed by atoms with van der Waals surface area (Å²) in [5.41, 5.74) is 2.49. The maximum absolute atomic E-state index is 12.5. The summed E-state index contributed by atoms with van der Waals surface area (Å²) in [4.78, 5) is 12.5. The summed E-state index contributed by atoms with van der Waals surface area (Å²) in [6.07, 6.45) is 0. The fourth-order valence-electron chi connectivity index (χ4n) is 2.53. The van der Waals surface area contributed by atoms with Crippen LogP contribution in [0.2, 0.25) is 10.0 Å². The highest BCUT2D eigenvalue weighted by atomic mass is 35.5. The first kappa shape index (κ1) is 17.3. The van der Waals surface area contributed by atoms with Crippen molar-refractivity contribution in [3.05, 3.63) is 100 Å². The zero-order valence-corrected chi connectivity index (χ0v) is 14.8. The maximum Gasteiger partial charge on any atom is 0.320 e. The highest BCUT2D eigenvalue weighted by Gasteiger charge is 2.17. The van der Waals surface area contributed by atoms with Gasteiger partial charge in [0.1, 0.15) is 0 Å². The van der Waals surface area contributed by atoms with Gasteiger partial charge in [0.2, 0.25) is 0 Å². The quantitative estimate of drug-likeness (QED) is 0.589. The largest absolute Gasteiger partial charge is 0.327 e. The van der Waals surface area contributed by atoms with Gasteiger partial charge in [-0.25, -0.2) is 4.79 Å². The zero-order chi connectivity index (χ0) is 17.6. The van der Waals surface area contributed by atoms with Crippen molar-refractivity contribution in [2.24, 2.45) is 0 Å². The fraction of sp³-hybridized carbons (Fsp3) is 0.0500. The van der Waals surface area contributed by atoms with Crippen LogP contribution in [0.1, 0.15) is 17.2 Å². The van der Waals surface area contributed by atoms with Crippen LogP contribution in [0.15, 0.2) is 78.9 Å². The average molecular weight is 371 g/mol. The van der Waals surface area contributed by atoms with Gasteiger partial charge in [-0.3, -0.25) is 0 Å². The van der Waals surface area contributed by atoms with E-state index >= 15 is 0 Å². The molecule has 0 aliphatic rings. The van der Waals surface area contributed by atoms with Crippen molar-refractivity contribution in [1.82, 2.24) is 5.32 Å². The number of urea groups is 1. The first-order valence-corrected chi connectivity index (χ1v) is 8.51. The van der Waals surface area contributed by atoms with Gasteiger partial charge in [0.15, 0.2) is 0 Å². The van der Waals surface area contributed by atoms with Crippen LogP contribution in [0.5, 0.6) is 0 Å². The molecule has 0 spiro atoms. The summed E-state index contributed by atoms with van der Waals surface area (Å²) in [5.74, 6) is 0. The van der Waals surface area contributed by atoms with Crippen molar-refractivity contribution in [2.75, 3.05) is 5.32 Å². The summed E-state index contributed by atoms with van der Waals surface area (Å²) in [7, 11) is 0. The standard InChI is InChI=1S/C20H16Cl2N2O/c21-16-11-12-18(17(22)13-16)23-20(25)24-19(14-7-3-1-4-8-14)15-9-5-2-6-10-15/h1-13,19H,(H2,23,24,25). The predicted octanol–water partition coefficient (Wildman–Crippen LogP) is 5.90. The molecule has 0 radical (unpaired) electrons. The van der Waals surface area contributed by atoms with Crippen molar-refractivity contribution >= 4 is 34.9 Å². The summed E-state index contributed by atoms with van der Waals surface area (Å²) in [6.45, 7) is 0. The normalized spacial score (nSPS) is 10.5. The number of rotatable bonds is 4. The van der Waals surface area contributed by atoms with Crippen molar-refractivity contribution in [3.8, 4) is 0 Å². The molecule has 0 saturated carbocycles. The summed E-state index contributed by atoms with van der Waals surface area (Å²) in [6, 6.07) is 23.9. The number of carbonyl (C=O) groups excluding carboxylic acids is 1. The SMILES string of the molecule is O=C(Nc1ccc(Cl)cc1Cl)NC(c1ccccc1)c1ccccc1. The Bertz CT molecular complexity index is 815. The molecule has 2 N–H and O–H groups in total. The van der Waals surface area contributed by atoms with Gasteiger partial charge in [-0.1, -0.05) is 83.9 Å². The van der Waals surface area contributed by atoms with Crippen LogP contribution in [0.3, 0.4) is 0 Å². The van der Waals surface area contributed by atoms with E-state index in [-0.39, 0.29) is 12.1 Å². The number of amides is 2. The van der Waals surface area contributed by atoms with Crippen LogP contribution in [0.4, 0.5) is 10.5 Å². The van der Waals surface area contributed by atoms with Gasteiger partial charge in [-0.15, -0.1) is 0 Å². The van der Waals surface area contributed by atoms with E-state index in [0.29, 0.717) is 15.7 Å². The third-order valence-corrected chi connectivity index (χ3v) is 4.27. The van der Waals surface area contributed by atoms with E-state index in [4.69, 9.17) is 23.2 Å². The molecule has 25 heavy (non-hydrogen) atoms. The van der Waals surface area contributed by atoms with E-state index in [1.807, 2.05) is 60.7 Å². The predicted molar refractivity (Wildman–Crippen MR) is 103 cm³/mol. The van der Waals surface area contributed by atoms with Crippen LogP contribution >= 0.6 is 23.2 Å². The van der Waals surface area contributed by atoms with Crippen molar-refractivity contribution < 1.29 is 4.79 Å². The van der Waals surface area contributed by atoms with E-state index < -0.39 is 0 Å². The molecule has 3 aromatic carbocycles. The Morgan fingerprint density at radius 1 is 0.800 bits per heavy atom. The number of nitrogens with one attached hydrogen (secondary N) is 2. The zero-order valence-electron chi connectivity index (χ0n) is 13.2. The second kappa shape index (κ2) is 8.06. The molecule has 0 aliphatic heterocycles. The topological polar surface area (TPSA) is 41.1 Å².